The van der Waals surface area contributed by atoms with E-state index in [9.17, 15) is 13.2 Å². The maximum atomic E-state index is 12.1. The largest absolute Gasteiger partial charge is 0.480 e. The molecule has 8 nitrogen and oxygen atoms in total. The van der Waals surface area contributed by atoms with Crippen molar-refractivity contribution in [3.05, 3.63) is 11.9 Å². The fraction of sp³-hybridized carbons (Fsp3) is 0.727. The van der Waals surface area contributed by atoms with Crippen molar-refractivity contribution >= 4 is 16.0 Å². The van der Waals surface area contributed by atoms with Crippen molar-refractivity contribution in [2.75, 3.05) is 0 Å². The molecule has 1 aliphatic rings. The summed E-state index contributed by atoms with van der Waals surface area (Å²) < 4.78 is 27.8. The van der Waals surface area contributed by atoms with E-state index in [4.69, 9.17) is 5.11 Å². The molecule has 1 heterocycles. The summed E-state index contributed by atoms with van der Waals surface area (Å²) >= 11 is 0. The van der Waals surface area contributed by atoms with E-state index in [0.29, 0.717) is 18.5 Å². The van der Waals surface area contributed by atoms with Gasteiger partial charge in [-0.2, -0.15) is 0 Å². The molecule has 1 aromatic heterocycles. The zero-order valence-electron chi connectivity index (χ0n) is 11.0. The van der Waals surface area contributed by atoms with Crippen LogP contribution in [-0.4, -0.2) is 39.7 Å². The van der Waals surface area contributed by atoms with Crippen LogP contribution in [0.1, 0.15) is 37.8 Å². The van der Waals surface area contributed by atoms with E-state index in [0.717, 1.165) is 23.9 Å². The topological polar surface area (TPSA) is 114 Å². The van der Waals surface area contributed by atoms with Gasteiger partial charge in [-0.15, -0.1) is 5.10 Å². The van der Waals surface area contributed by atoms with Crippen LogP contribution >= 0.6 is 0 Å². The molecule has 0 unspecified atom stereocenters. The van der Waals surface area contributed by atoms with Gasteiger partial charge < -0.3 is 5.11 Å². The van der Waals surface area contributed by atoms with Gasteiger partial charge in [-0.25, -0.2) is 17.8 Å². The summed E-state index contributed by atoms with van der Waals surface area (Å²) in [7, 11) is -3.34. The first-order valence-electron chi connectivity index (χ1n) is 6.56. The number of nitrogens with zero attached hydrogens (tertiary/aromatic N) is 3. The van der Waals surface area contributed by atoms with Crippen molar-refractivity contribution in [1.82, 2.24) is 19.7 Å². The van der Waals surface area contributed by atoms with Crippen molar-refractivity contribution in [3.63, 3.8) is 0 Å². The van der Waals surface area contributed by atoms with Gasteiger partial charge in [0, 0.05) is 0 Å². The van der Waals surface area contributed by atoms with E-state index in [1.165, 1.54) is 6.20 Å². The minimum atomic E-state index is -3.34. The Labute approximate surface area is 117 Å². The van der Waals surface area contributed by atoms with E-state index in [1.807, 2.05) is 0 Å². The molecular formula is C11H18N4O4S. The van der Waals surface area contributed by atoms with Gasteiger partial charge in [0.1, 0.15) is 6.54 Å². The number of rotatable bonds is 6. The normalized spacial score (nSPS) is 17.2. The SMILES string of the molecule is O=C(O)Cn1cc(CNS(=O)(=O)C2CCCCC2)nn1. The minimum absolute atomic E-state index is 0.0401. The molecule has 1 aliphatic carbocycles. The average Bonchev–Trinajstić information content (AvgIpc) is 2.84. The lowest BCUT2D eigenvalue weighted by Gasteiger charge is -2.21. The van der Waals surface area contributed by atoms with Gasteiger partial charge in [0.2, 0.25) is 10.0 Å². The second-order valence-corrected chi connectivity index (χ2v) is 6.97. The molecule has 0 amide bonds. The van der Waals surface area contributed by atoms with Crippen LogP contribution in [0.2, 0.25) is 0 Å². The molecule has 2 rings (SSSR count). The van der Waals surface area contributed by atoms with Gasteiger partial charge in [0.25, 0.3) is 0 Å². The summed E-state index contributed by atoms with van der Waals surface area (Å²) in [5, 5.41) is 15.6. The van der Waals surface area contributed by atoms with E-state index in [1.54, 1.807) is 0 Å². The predicted octanol–water partition coefficient (Wildman–Crippen LogP) is 0.115. The predicted molar refractivity (Wildman–Crippen MR) is 70.3 cm³/mol. The van der Waals surface area contributed by atoms with Crippen molar-refractivity contribution in [2.24, 2.45) is 0 Å². The Morgan fingerprint density at radius 1 is 1.40 bits per heavy atom. The number of carboxylic acids is 1. The first kappa shape index (κ1) is 14.9. The summed E-state index contributed by atoms with van der Waals surface area (Å²) in [5.74, 6) is -1.02. The highest BCUT2D eigenvalue weighted by Crippen LogP contribution is 2.23. The molecule has 0 saturated heterocycles. The van der Waals surface area contributed by atoms with Gasteiger partial charge >= 0.3 is 5.97 Å². The first-order chi connectivity index (χ1) is 9.47. The highest BCUT2D eigenvalue weighted by molar-refractivity contribution is 7.90. The first-order valence-corrected chi connectivity index (χ1v) is 8.11. The molecular weight excluding hydrogens is 284 g/mol. The Bertz CT molecular complexity index is 563. The number of sulfonamides is 1. The third-order valence-corrected chi connectivity index (χ3v) is 5.22. The third-order valence-electron chi connectivity index (χ3n) is 3.33. The Kier molecular flexibility index (Phi) is 4.71. The van der Waals surface area contributed by atoms with Crippen LogP contribution in [0.3, 0.4) is 0 Å². The third kappa shape index (κ3) is 4.01. The zero-order chi connectivity index (χ0) is 14.6. The lowest BCUT2D eigenvalue weighted by atomic mass is 10.0. The maximum Gasteiger partial charge on any atom is 0.325 e. The van der Waals surface area contributed by atoms with Crippen molar-refractivity contribution in [1.29, 1.82) is 0 Å². The summed E-state index contributed by atoms with van der Waals surface area (Å²) in [6.07, 6.45) is 5.80. The molecule has 2 N–H and O–H groups in total. The van der Waals surface area contributed by atoms with Gasteiger partial charge in [-0.05, 0) is 12.8 Å². The van der Waals surface area contributed by atoms with Crippen molar-refractivity contribution < 1.29 is 18.3 Å². The number of aromatic nitrogens is 3. The van der Waals surface area contributed by atoms with Gasteiger partial charge in [0.15, 0.2) is 0 Å². The fourth-order valence-corrected chi connectivity index (χ4v) is 3.84. The molecule has 1 saturated carbocycles. The number of nitrogens with one attached hydrogen (secondary N) is 1. The van der Waals surface area contributed by atoms with Gasteiger partial charge in [0.05, 0.1) is 23.7 Å². The van der Waals surface area contributed by atoms with E-state index >= 15 is 0 Å². The summed E-state index contributed by atoms with van der Waals surface area (Å²) in [6.45, 7) is -0.249. The Balaban J connectivity index is 1.90. The van der Waals surface area contributed by atoms with Crippen LogP contribution < -0.4 is 4.72 Å². The average molecular weight is 302 g/mol. The van der Waals surface area contributed by atoms with E-state index in [2.05, 4.69) is 15.0 Å². The molecule has 0 aliphatic heterocycles. The maximum absolute atomic E-state index is 12.1. The molecule has 1 aromatic rings. The van der Waals surface area contributed by atoms with Crippen molar-refractivity contribution in [2.45, 2.75) is 50.4 Å². The van der Waals surface area contributed by atoms with Crippen LogP contribution in [0.25, 0.3) is 0 Å². The lowest BCUT2D eigenvalue weighted by molar-refractivity contribution is -0.137. The number of carboxylic acid groups (broad SMARTS) is 1. The summed E-state index contributed by atoms with van der Waals surface area (Å²) in [5.41, 5.74) is 0.408. The standard InChI is InChI=1S/C11H18N4O4S/c16-11(17)8-15-7-9(13-14-15)6-12-20(18,19)10-4-2-1-3-5-10/h7,10,12H,1-6,8H2,(H,16,17). The molecule has 9 heteroatoms. The molecule has 0 atom stereocenters. The Morgan fingerprint density at radius 3 is 2.75 bits per heavy atom. The molecule has 0 bridgehead atoms. The monoisotopic (exact) mass is 302 g/mol. The molecule has 20 heavy (non-hydrogen) atoms. The number of hydrogen-bond donors (Lipinski definition) is 2. The van der Waals surface area contributed by atoms with Crippen molar-refractivity contribution in [3.8, 4) is 0 Å². The highest BCUT2D eigenvalue weighted by Gasteiger charge is 2.26. The number of carbonyl (C=O) groups is 1. The highest BCUT2D eigenvalue weighted by atomic mass is 32.2. The van der Waals surface area contributed by atoms with Crippen LogP contribution in [0, 0.1) is 0 Å². The minimum Gasteiger partial charge on any atom is -0.480 e. The lowest BCUT2D eigenvalue weighted by Crippen LogP contribution is -2.35. The molecule has 0 aromatic carbocycles. The molecule has 0 radical (unpaired) electrons. The molecule has 112 valence electrons. The van der Waals surface area contributed by atoms with Crippen LogP contribution in [0.15, 0.2) is 6.20 Å². The summed E-state index contributed by atoms with van der Waals surface area (Å²) in [6, 6.07) is 0. The van der Waals surface area contributed by atoms with E-state index < -0.39 is 16.0 Å². The Morgan fingerprint density at radius 2 is 2.10 bits per heavy atom. The fourth-order valence-electron chi connectivity index (χ4n) is 2.30. The van der Waals surface area contributed by atoms with Gasteiger partial charge in [-0.3, -0.25) is 4.79 Å². The van der Waals surface area contributed by atoms with Crippen LogP contribution in [0.4, 0.5) is 0 Å². The number of aliphatic carboxylic acids is 1. The van der Waals surface area contributed by atoms with Crippen LogP contribution in [-0.2, 0) is 27.9 Å². The Hall–Kier alpha value is -1.48. The zero-order valence-corrected chi connectivity index (χ0v) is 11.8. The second-order valence-electron chi connectivity index (χ2n) is 4.93. The molecule has 1 fully saturated rings. The smallest absolute Gasteiger partial charge is 0.325 e. The number of hydrogen-bond acceptors (Lipinski definition) is 5. The van der Waals surface area contributed by atoms with Crippen LogP contribution in [0.5, 0.6) is 0 Å². The summed E-state index contributed by atoms with van der Waals surface area (Å²) in [4.78, 5) is 10.5. The quantitative estimate of drug-likeness (QED) is 0.771. The molecule has 0 spiro atoms. The second kappa shape index (κ2) is 6.31. The van der Waals surface area contributed by atoms with Gasteiger partial charge in [-0.1, -0.05) is 24.5 Å². The van der Waals surface area contributed by atoms with E-state index in [-0.39, 0.29) is 18.3 Å².